The highest BCUT2D eigenvalue weighted by atomic mass is 32.2. The Balaban J connectivity index is 1.89. The first-order valence-electron chi connectivity index (χ1n) is 11.0. The normalized spacial score (nSPS) is 21.5. The van der Waals surface area contributed by atoms with Crippen LogP contribution in [0.1, 0.15) is 31.9 Å². The molecule has 3 rings (SSSR count). The van der Waals surface area contributed by atoms with Crippen LogP contribution in [0.5, 0.6) is 11.5 Å². The second-order valence-electron chi connectivity index (χ2n) is 8.17. The van der Waals surface area contributed by atoms with Crippen molar-refractivity contribution in [3.63, 3.8) is 0 Å². The second-order valence-corrected chi connectivity index (χ2v) is 9.30. The Morgan fingerprint density at radius 2 is 1.46 bits per heavy atom. The van der Waals surface area contributed by atoms with Gasteiger partial charge in [-0.25, -0.2) is 0 Å². The third-order valence-corrected chi connectivity index (χ3v) is 6.48. The lowest BCUT2D eigenvalue weighted by atomic mass is 10.0. The van der Waals surface area contributed by atoms with E-state index in [1.165, 1.54) is 32.5 Å². The fraction of sp³-hybridized carbons (Fsp3) is 0.440. The smallest absolute Gasteiger partial charge is 0.303 e. The van der Waals surface area contributed by atoms with Gasteiger partial charge in [-0.2, -0.15) is 0 Å². The van der Waals surface area contributed by atoms with Gasteiger partial charge >= 0.3 is 17.9 Å². The van der Waals surface area contributed by atoms with Gasteiger partial charge in [-0.05, 0) is 48.7 Å². The fourth-order valence-corrected chi connectivity index (χ4v) is 5.24. The Kier molecular flexibility index (Phi) is 8.61. The zero-order valence-electron chi connectivity index (χ0n) is 20.5. The molecule has 10 heteroatoms. The van der Waals surface area contributed by atoms with Crippen LogP contribution in [0, 0.1) is 13.8 Å². The highest BCUT2D eigenvalue weighted by Crippen LogP contribution is 2.36. The van der Waals surface area contributed by atoms with Gasteiger partial charge in [0.2, 0.25) is 0 Å². The number of aromatic nitrogens is 1. The van der Waals surface area contributed by atoms with Crippen molar-refractivity contribution in [2.45, 2.75) is 58.4 Å². The van der Waals surface area contributed by atoms with Crippen molar-refractivity contribution in [2.75, 3.05) is 12.9 Å². The second kappa shape index (κ2) is 11.4. The largest absolute Gasteiger partial charge is 0.496 e. The van der Waals surface area contributed by atoms with Gasteiger partial charge in [0, 0.05) is 38.3 Å². The summed E-state index contributed by atoms with van der Waals surface area (Å²) in [6.45, 7) is 7.69. The average Bonchev–Trinajstić information content (AvgIpc) is 2.76. The van der Waals surface area contributed by atoms with Crippen LogP contribution in [0.3, 0.4) is 0 Å². The maximum Gasteiger partial charge on any atom is 0.303 e. The molecule has 1 aromatic heterocycles. The Bertz CT molecular complexity index is 1080. The molecule has 2 aromatic rings. The van der Waals surface area contributed by atoms with Gasteiger partial charge in [-0.3, -0.25) is 19.4 Å². The van der Waals surface area contributed by atoms with Crippen LogP contribution in [0.25, 0.3) is 11.1 Å². The number of rotatable bonds is 7. The molecule has 0 bridgehead atoms. The molecular formula is C25H29NO8S. The number of aryl methyl sites for hydroxylation is 2. The van der Waals surface area contributed by atoms with E-state index in [0.717, 1.165) is 28.0 Å². The number of thioether (sulfide) groups is 1. The summed E-state index contributed by atoms with van der Waals surface area (Å²) in [5.41, 5.74) is 3.03. The summed E-state index contributed by atoms with van der Waals surface area (Å²) in [6.07, 6.45) is 0.462. The maximum atomic E-state index is 11.9. The summed E-state index contributed by atoms with van der Waals surface area (Å²) in [7, 11) is 1.64. The molecule has 0 N–H and O–H groups in total. The minimum Gasteiger partial charge on any atom is -0.496 e. The third kappa shape index (κ3) is 6.66. The molecule has 0 aliphatic carbocycles. The summed E-state index contributed by atoms with van der Waals surface area (Å²) < 4.78 is 27.8. The topological polar surface area (TPSA) is 110 Å². The molecule has 0 saturated carbocycles. The Morgan fingerprint density at radius 3 is 2.03 bits per heavy atom. The first kappa shape index (κ1) is 26.3. The highest BCUT2D eigenvalue weighted by Gasteiger charge is 2.47. The molecule has 1 fully saturated rings. The van der Waals surface area contributed by atoms with Crippen LogP contribution < -0.4 is 9.47 Å². The van der Waals surface area contributed by atoms with Gasteiger partial charge in [-0.1, -0.05) is 0 Å². The summed E-state index contributed by atoms with van der Waals surface area (Å²) in [5, 5.41) is 0. The van der Waals surface area contributed by atoms with E-state index in [1.54, 1.807) is 19.5 Å². The van der Waals surface area contributed by atoms with Crippen LogP contribution >= 0.6 is 11.8 Å². The van der Waals surface area contributed by atoms with Crippen LogP contribution in [0.2, 0.25) is 0 Å². The summed E-state index contributed by atoms with van der Waals surface area (Å²) in [4.78, 5) is 39.5. The Labute approximate surface area is 208 Å². The standard InChI is InChI=1S/C25H29NO8S/c1-13-7-18(8-14(2)22(13)30-6)19-9-20(11-26-10-19)34-25-24(33-17(5)29)23(32-16(4)28)21(12-35-25)31-15(3)27/h7-11,21,23-25H,12H2,1-6H3/t21-,23+,24-,25+/m1/s1. The number of pyridine rings is 1. The molecule has 1 aliphatic heterocycles. The van der Waals surface area contributed by atoms with E-state index in [4.69, 9.17) is 23.7 Å². The molecule has 1 aromatic carbocycles. The molecule has 4 atom stereocenters. The molecule has 0 radical (unpaired) electrons. The monoisotopic (exact) mass is 503 g/mol. The lowest BCUT2D eigenvalue weighted by Gasteiger charge is -2.39. The lowest BCUT2D eigenvalue weighted by Crippen LogP contribution is -2.55. The molecular weight excluding hydrogens is 474 g/mol. The molecule has 9 nitrogen and oxygen atoms in total. The van der Waals surface area contributed by atoms with E-state index in [9.17, 15) is 14.4 Å². The van der Waals surface area contributed by atoms with Crippen molar-refractivity contribution in [3.8, 4) is 22.6 Å². The Morgan fingerprint density at radius 1 is 0.857 bits per heavy atom. The molecule has 0 unspecified atom stereocenters. The molecule has 2 heterocycles. The van der Waals surface area contributed by atoms with Crippen molar-refractivity contribution < 1.29 is 38.1 Å². The number of carbonyl (C=O) groups is 3. The number of nitrogens with zero attached hydrogens (tertiary/aromatic N) is 1. The molecule has 35 heavy (non-hydrogen) atoms. The summed E-state index contributed by atoms with van der Waals surface area (Å²) in [6, 6.07) is 5.84. The molecule has 0 amide bonds. The van der Waals surface area contributed by atoms with Crippen molar-refractivity contribution in [1.29, 1.82) is 0 Å². The van der Waals surface area contributed by atoms with Crippen LogP contribution in [0.4, 0.5) is 0 Å². The molecule has 1 aliphatic rings. The quantitative estimate of drug-likeness (QED) is 0.410. The van der Waals surface area contributed by atoms with Crippen molar-refractivity contribution in [3.05, 3.63) is 41.7 Å². The summed E-state index contributed by atoms with van der Waals surface area (Å²) >= 11 is 1.29. The summed E-state index contributed by atoms with van der Waals surface area (Å²) in [5.74, 6) is -0.156. The fourth-order valence-electron chi connectivity index (χ4n) is 4.02. The minimum absolute atomic E-state index is 0.282. The van der Waals surface area contributed by atoms with Gasteiger partial charge in [0.15, 0.2) is 23.7 Å². The van der Waals surface area contributed by atoms with Crippen molar-refractivity contribution in [2.24, 2.45) is 0 Å². The third-order valence-electron chi connectivity index (χ3n) is 5.27. The van der Waals surface area contributed by atoms with Crippen molar-refractivity contribution >= 4 is 29.7 Å². The number of carbonyl (C=O) groups excluding carboxylic acids is 3. The maximum absolute atomic E-state index is 11.9. The van der Waals surface area contributed by atoms with E-state index in [0.29, 0.717) is 5.75 Å². The number of benzene rings is 1. The van der Waals surface area contributed by atoms with Crippen LogP contribution in [0.15, 0.2) is 30.6 Å². The predicted molar refractivity (Wildman–Crippen MR) is 129 cm³/mol. The first-order valence-corrected chi connectivity index (χ1v) is 12.0. The van der Waals surface area contributed by atoms with E-state index >= 15 is 0 Å². The van der Waals surface area contributed by atoms with E-state index < -0.39 is 41.7 Å². The van der Waals surface area contributed by atoms with E-state index in [2.05, 4.69) is 4.98 Å². The van der Waals surface area contributed by atoms with E-state index in [1.807, 2.05) is 32.0 Å². The van der Waals surface area contributed by atoms with Crippen molar-refractivity contribution in [1.82, 2.24) is 4.98 Å². The number of esters is 3. The van der Waals surface area contributed by atoms with E-state index in [-0.39, 0.29) is 5.75 Å². The number of hydrogen-bond acceptors (Lipinski definition) is 10. The average molecular weight is 504 g/mol. The number of methoxy groups -OCH3 is 1. The highest BCUT2D eigenvalue weighted by molar-refractivity contribution is 7.99. The zero-order chi connectivity index (χ0) is 25.7. The van der Waals surface area contributed by atoms with Gasteiger partial charge in [0.25, 0.3) is 0 Å². The number of ether oxygens (including phenoxy) is 5. The lowest BCUT2D eigenvalue weighted by molar-refractivity contribution is -0.186. The van der Waals surface area contributed by atoms with Gasteiger partial charge in [0.05, 0.1) is 13.3 Å². The number of hydrogen-bond donors (Lipinski definition) is 0. The minimum atomic E-state index is -1.02. The SMILES string of the molecule is COc1c(C)cc(-c2cncc(O[C@H]3SC[C@@H](OC(C)=O)[C@H](OC(C)=O)[C@H]3OC(C)=O)c2)cc1C. The predicted octanol–water partition coefficient (Wildman–Crippen LogP) is 3.62. The first-order chi connectivity index (χ1) is 16.6. The molecule has 188 valence electrons. The van der Waals surface area contributed by atoms with Crippen LogP contribution in [-0.2, 0) is 28.6 Å². The van der Waals surface area contributed by atoms with Gasteiger partial charge in [-0.15, -0.1) is 11.8 Å². The molecule has 1 saturated heterocycles. The Hall–Kier alpha value is -3.27. The zero-order valence-corrected chi connectivity index (χ0v) is 21.3. The van der Waals surface area contributed by atoms with Crippen LogP contribution in [-0.4, -0.2) is 59.5 Å². The van der Waals surface area contributed by atoms with Gasteiger partial charge in [0.1, 0.15) is 11.5 Å². The van der Waals surface area contributed by atoms with Gasteiger partial charge < -0.3 is 23.7 Å². The molecule has 0 spiro atoms.